The van der Waals surface area contributed by atoms with E-state index in [4.69, 9.17) is 14.5 Å². The van der Waals surface area contributed by atoms with Crippen LogP contribution in [-0.4, -0.2) is 86.5 Å². The molecular formula is C37H35F4N7O5. The molecule has 1 amide bonds. The number of benzene rings is 2. The zero-order chi connectivity index (χ0) is 37.3. The Hall–Kier alpha value is -5.87. The Morgan fingerprint density at radius 3 is 2.13 bits per heavy atom. The van der Waals surface area contributed by atoms with Crippen LogP contribution in [-0.2, 0) is 23.8 Å². The molecule has 0 spiro atoms. The molecule has 2 aliphatic rings. The first-order valence-corrected chi connectivity index (χ1v) is 16.6. The number of aromatic nitrogens is 3. The van der Waals surface area contributed by atoms with Crippen molar-refractivity contribution in [3.05, 3.63) is 96.3 Å². The zero-order valence-electron chi connectivity index (χ0n) is 28.6. The molecule has 0 bridgehead atoms. The Balaban J connectivity index is 0.000000253. The van der Waals surface area contributed by atoms with E-state index >= 15 is 4.39 Å². The summed E-state index contributed by atoms with van der Waals surface area (Å²) in [7, 11) is 1.14. The Bertz CT molecular complexity index is 2060. The van der Waals surface area contributed by atoms with Gasteiger partial charge < -0.3 is 34.6 Å². The van der Waals surface area contributed by atoms with E-state index in [9.17, 15) is 22.8 Å². The number of carbonyl (C=O) groups is 2. The van der Waals surface area contributed by atoms with Gasteiger partial charge in [-0.1, -0.05) is 6.07 Å². The zero-order valence-corrected chi connectivity index (χ0v) is 28.6. The molecule has 7 rings (SSSR count). The van der Waals surface area contributed by atoms with Gasteiger partial charge in [-0.25, -0.2) is 27.5 Å². The van der Waals surface area contributed by atoms with E-state index in [1.165, 1.54) is 6.07 Å². The molecule has 5 heterocycles. The number of carbonyl (C=O) groups excluding carboxylic acids is 2. The maximum Gasteiger partial charge on any atom is 0.315 e. The van der Waals surface area contributed by atoms with E-state index in [0.29, 0.717) is 68.3 Å². The lowest BCUT2D eigenvalue weighted by atomic mass is 10.1. The second-order valence-corrected chi connectivity index (χ2v) is 11.9. The average molecular weight is 734 g/mol. The number of morpholine rings is 2. The lowest BCUT2D eigenvalue weighted by Gasteiger charge is -2.32. The molecular weight excluding hydrogens is 698 g/mol. The number of amides is 1. The third-order valence-corrected chi connectivity index (χ3v) is 8.24. The number of hydrogen-bond acceptors (Lipinski definition) is 11. The number of esters is 1. The van der Waals surface area contributed by atoms with Gasteiger partial charge >= 0.3 is 5.97 Å². The maximum atomic E-state index is 15.2. The van der Waals surface area contributed by atoms with Crippen LogP contribution < -0.4 is 20.4 Å². The summed E-state index contributed by atoms with van der Waals surface area (Å²) in [5.41, 5.74) is 3.38. The minimum Gasteiger partial charge on any atom is -0.469 e. The van der Waals surface area contributed by atoms with E-state index in [-0.39, 0.29) is 16.6 Å². The predicted octanol–water partition coefficient (Wildman–Crippen LogP) is 5.85. The Kier molecular flexibility index (Phi) is 11.9. The Morgan fingerprint density at radius 2 is 1.47 bits per heavy atom. The number of ether oxygens (including phenoxy) is 3. The van der Waals surface area contributed by atoms with Gasteiger partial charge in [0.25, 0.3) is 0 Å². The molecule has 5 aromatic rings. The number of nitrogens with zero attached hydrogens (tertiary/aromatic N) is 5. The summed E-state index contributed by atoms with van der Waals surface area (Å²) in [5, 5.41) is 5.80. The second kappa shape index (κ2) is 17.1. The van der Waals surface area contributed by atoms with Gasteiger partial charge in [-0.2, -0.15) is 0 Å². The first-order chi connectivity index (χ1) is 25.7. The fraction of sp³-hybridized carbons (Fsp3) is 0.270. The SMILES string of the molecule is COC(=O)CC(=O)Nc1cc(F)cc(F)c1.Fc1cc(F)c2c(Nc3cc(N4CCOCC4)cnc3N3CCOCC3)cc(-c3ccccn3)nc2c1. The van der Waals surface area contributed by atoms with Crippen LogP contribution in [0.2, 0.25) is 0 Å². The van der Waals surface area contributed by atoms with Crippen molar-refractivity contribution in [3.8, 4) is 11.4 Å². The fourth-order valence-electron chi connectivity index (χ4n) is 5.77. The first-order valence-electron chi connectivity index (χ1n) is 16.6. The molecule has 0 saturated carbocycles. The number of fused-ring (bicyclic) bond motifs is 1. The number of hydrogen-bond donors (Lipinski definition) is 2. The average Bonchev–Trinajstić information content (AvgIpc) is 3.15. The molecule has 16 heteroatoms. The molecule has 2 aliphatic heterocycles. The highest BCUT2D eigenvalue weighted by Crippen LogP contribution is 2.36. The van der Waals surface area contributed by atoms with Crippen molar-refractivity contribution in [2.24, 2.45) is 0 Å². The summed E-state index contributed by atoms with van der Waals surface area (Å²) < 4.78 is 70.1. The van der Waals surface area contributed by atoms with Crippen molar-refractivity contribution < 1.29 is 41.4 Å². The monoisotopic (exact) mass is 733 g/mol. The molecule has 12 nitrogen and oxygen atoms in total. The minimum absolute atomic E-state index is 0.0496. The topological polar surface area (TPSA) is 131 Å². The number of anilines is 5. The highest BCUT2D eigenvalue weighted by molar-refractivity contribution is 6.02. The third-order valence-electron chi connectivity index (χ3n) is 8.24. The van der Waals surface area contributed by atoms with Crippen LogP contribution in [0.1, 0.15) is 6.42 Å². The summed E-state index contributed by atoms with van der Waals surface area (Å²) in [4.78, 5) is 39.9. The predicted molar refractivity (Wildman–Crippen MR) is 190 cm³/mol. The summed E-state index contributed by atoms with van der Waals surface area (Å²) >= 11 is 0. The van der Waals surface area contributed by atoms with Crippen LogP contribution in [0.25, 0.3) is 22.3 Å². The van der Waals surface area contributed by atoms with Crippen LogP contribution >= 0.6 is 0 Å². The van der Waals surface area contributed by atoms with Crippen molar-refractivity contribution in [2.45, 2.75) is 6.42 Å². The number of rotatable bonds is 8. The number of halogens is 4. The van der Waals surface area contributed by atoms with Gasteiger partial charge in [-0.15, -0.1) is 0 Å². The smallest absolute Gasteiger partial charge is 0.315 e. The molecule has 276 valence electrons. The maximum absolute atomic E-state index is 15.2. The minimum atomic E-state index is -0.812. The van der Waals surface area contributed by atoms with Gasteiger partial charge in [0.1, 0.15) is 29.7 Å². The molecule has 2 saturated heterocycles. The second-order valence-electron chi connectivity index (χ2n) is 11.9. The van der Waals surface area contributed by atoms with E-state index in [1.807, 2.05) is 24.4 Å². The first kappa shape index (κ1) is 36.9. The van der Waals surface area contributed by atoms with Gasteiger partial charge in [0.15, 0.2) is 5.82 Å². The van der Waals surface area contributed by atoms with Crippen LogP contribution in [0.5, 0.6) is 0 Å². The molecule has 0 radical (unpaired) electrons. The summed E-state index contributed by atoms with van der Waals surface area (Å²) in [6.45, 7) is 5.38. The molecule has 53 heavy (non-hydrogen) atoms. The molecule has 0 atom stereocenters. The molecule has 0 unspecified atom stereocenters. The Labute approximate surface area is 301 Å². The van der Waals surface area contributed by atoms with E-state index in [0.717, 1.165) is 49.9 Å². The number of methoxy groups -OCH3 is 1. The molecule has 2 N–H and O–H groups in total. The van der Waals surface area contributed by atoms with Crippen molar-refractivity contribution in [3.63, 3.8) is 0 Å². The van der Waals surface area contributed by atoms with Gasteiger partial charge in [-0.05, 0) is 36.4 Å². The third kappa shape index (κ3) is 9.52. The normalized spacial score (nSPS) is 14.3. The highest BCUT2D eigenvalue weighted by atomic mass is 19.1. The highest BCUT2D eigenvalue weighted by Gasteiger charge is 2.22. The lowest BCUT2D eigenvalue weighted by Crippen LogP contribution is -2.38. The molecule has 2 fully saturated rings. The van der Waals surface area contributed by atoms with Gasteiger partial charge in [-0.3, -0.25) is 14.6 Å². The largest absolute Gasteiger partial charge is 0.469 e. The summed E-state index contributed by atoms with van der Waals surface area (Å²) in [6.07, 6.45) is 3.02. The Morgan fingerprint density at radius 1 is 0.792 bits per heavy atom. The van der Waals surface area contributed by atoms with Crippen molar-refractivity contribution in [2.75, 3.05) is 80.1 Å². The number of nitrogens with one attached hydrogen (secondary N) is 2. The van der Waals surface area contributed by atoms with Crippen LogP contribution in [0.3, 0.4) is 0 Å². The lowest BCUT2D eigenvalue weighted by molar-refractivity contribution is -0.142. The fourth-order valence-corrected chi connectivity index (χ4v) is 5.77. The van der Waals surface area contributed by atoms with Gasteiger partial charge in [0.05, 0.1) is 79.1 Å². The van der Waals surface area contributed by atoms with Crippen LogP contribution in [0.15, 0.2) is 73.1 Å². The van der Waals surface area contributed by atoms with E-state index in [1.54, 1.807) is 18.3 Å². The van der Waals surface area contributed by atoms with Crippen LogP contribution in [0.4, 0.5) is 46.1 Å². The quantitative estimate of drug-likeness (QED) is 0.113. The van der Waals surface area contributed by atoms with Crippen LogP contribution in [0, 0.1) is 23.3 Å². The van der Waals surface area contributed by atoms with Crippen molar-refractivity contribution in [1.82, 2.24) is 15.0 Å². The summed E-state index contributed by atoms with van der Waals surface area (Å²) in [6, 6.07) is 13.9. The van der Waals surface area contributed by atoms with Gasteiger partial charge in [0.2, 0.25) is 5.91 Å². The number of pyridine rings is 3. The van der Waals surface area contributed by atoms with Crippen molar-refractivity contribution in [1.29, 1.82) is 0 Å². The van der Waals surface area contributed by atoms with E-state index in [2.05, 4.69) is 35.1 Å². The summed E-state index contributed by atoms with van der Waals surface area (Å²) in [5.74, 6) is -3.69. The standard InChI is InChI=1S/C27H26F2N6O2.C10H9F2NO3/c28-18-13-20(29)26-23(14-18)32-22(21-3-1-2-4-30-21)16-24(26)33-25-15-19(34-5-9-36-10-6-34)17-31-27(25)35-7-11-37-12-8-35;1-16-10(15)5-9(14)13-8-3-6(11)2-7(12)4-8/h1-4,13-17H,5-12H2,(H,32,33);2-4H,5H2,1H3,(H,13,14). The molecule has 0 aliphatic carbocycles. The van der Waals surface area contributed by atoms with Crippen molar-refractivity contribution >= 4 is 51.3 Å². The molecule has 3 aromatic heterocycles. The van der Waals surface area contributed by atoms with Gasteiger partial charge in [0, 0.05) is 56.3 Å². The van der Waals surface area contributed by atoms with E-state index < -0.39 is 41.6 Å². The molecule has 2 aromatic carbocycles.